The maximum Gasteiger partial charge on any atom is 0.239 e. The Morgan fingerprint density at radius 2 is 2.04 bits per heavy atom. The maximum absolute atomic E-state index is 14.5. The molecular weight excluding hydrogens is 359 g/mol. The lowest BCUT2D eigenvalue weighted by molar-refractivity contribution is -0.121. The molecular formula is C20H29FN6O. The van der Waals surface area contributed by atoms with Crippen molar-refractivity contribution < 1.29 is 9.18 Å². The predicted molar refractivity (Wildman–Crippen MR) is 109 cm³/mol. The number of nitrogens with one attached hydrogen (secondary N) is 3. The van der Waals surface area contributed by atoms with Gasteiger partial charge in [0.2, 0.25) is 5.91 Å². The minimum Gasteiger partial charge on any atom is -0.357 e. The zero-order chi connectivity index (χ0) is 20.7. The third-order valence-electron chi connectivity index (χ3n) is 3.79. The molecule has 7 nitrogen and oxygen atoms in total. The van der Waals surface area contributed by atoms with Gasteiger partial charge in [0, 0.05) is 24.5 Å². The van der Waals surface area contributed by atoms with Crippen LogP contribution in [0.15, 0.2) is 35.6 Å². The van der Waals surface area contributed by atoms with Crippen molar-refractivity contribution in [2.75, 3.05) is 13.1 Å². The average Bonchev–Trinajstić information content (AvgIpc) is 3.02. The number of aryl methyl sites for hydroxylation is 1. The molecule has 0 unspecified atom stereocenters. The van der Waals surface area contributed by atoms with Gasteiger partial charge in [0.05, 0.1) is 18.8 Å². The van der Waals surface area contributed by atoms with Crippen LogP contribution in [0, 0.1) is 12.7 Å². The minimum absolute atomic E-state index is 0.107. The fourth-order valence-electron chi connectivity index (χ4n) is 2.62. The molecule has 0 spiro atoms. The van der Waals surface area contributed by atoms with E-state index >= 15 is 0 Å². The molecule has 0 aliphatic rings. The topological polar surface area (TPSA) is 83.3 Å². The number of nitrogens with zero attached hydrogens (tertiary/aromatic N) is 3. The van der Waals surface area contributed by atoms with Gasteiger partial charge >= 0.3 is 0 Å². The molecule has 1 aromatic carbocycles. The highest BCUT2D eigenvalue weighted by Gasteiger charge is 2.13. The Morgan fingerprint density at radius 1 is 1.29 bits per heavy atom. The van der Waals surface area contributed by atoms with Crippen molar-refractivity contribution in [2.45, 2.75) is 46.7 Å². The Labute approximate surface area is 165 Å². The van der Waals surface area contributed by atoms with Gasteiger partial charge in [-0.3, -0.25) is 4.79 Å². The van der Waals surface area contributed by atoms with Crippen molar-refractivity contribution >= 4 is 11.9 Å². The van der Waals surface area contributed by atoms with E-state index in [0.717, 1.165) is 11.4 Å². The number of carbonyl (C=O) groups excluding carboxylic acids is 1. The van der Waals surface area contributed by atoms with Crippen LogP contribution in [0.4, 0.5) is 4.39 Å². The van der Waals surface area contributed by atoms with Crippen molar-refractivity contribution in [3.05, 3.63) is 47.8 Å². The van der Waals surface area contributed by atoms with Crippen LogP contribution in [0.25, 0.3) is 5.69 Å². The number of imidazole rings is 1. The molecule has 1 aromatic heterocycles. The second-order valence-electron chi connectivity index (χ2n) is 7.48. The number of halogens is 1. The number of hydrogen-bond acceptors (Lipinski definition) is 3. The molecule has 1 amide bonds. The molecule has 0 bridgehead atoms. The summed E-state index contributed by atoms with van der Waals surface area (Å²) < 4.78 is 16.2. The number of amides is 1. The highest BCUT2D eigenvalue weighted by Crippen LogP contribution is 2.17. The van der Waals surface area contributed by atoms with Gasteiger partial charge in [0.25, 0.3) is 0 Å². The van der Waals surface area contributed by atoms with Gasteiger partial charge in [0.1, 0.15) is 11.6 Å². The number of aromatic nitrogens is 2. The number of guanidine groups is 1. The predicted octanol–water partition coefficient (Wildman–Crippen LogP) is 2.29. The largest absolute Gasteiger partial charge is 0.357 e. The molecule has 8 heteroatoms. The lowest BCUT2D eigenvalue weighted by Crippen LogP contribution is -2.48. The van der Waals surface area contributed by atoms with Crippen molar-refractivity contribution in [3.8, 4) is 5.69 Å². The first-order valence-corrected chi connectivity index (χ1v) is 9.31. The highest BCUT2D eigenvalue weighted by molar-refractivity contribution is 5.86. The molecule has 0 radical (unpaired) electrons. The summed E-state index contributed by atoms with van der Waals surface area (Å²) in [4.78, 5) is 20.5. The van der Waals surface area contributed by atoms with Gasteiger partial charge in [-0.1, -0.05) is 6.07 Å². The first kappa shape index (κ1) is 21.4. The van der Waals surface area contributed by atoms with E-state index in [9.17, 15) is 9.18 Å². The van der Waals surface area contributed by atoms with Crippen LogP contribution in [0.2, 0.25) is 0 Å². The van der Waals surface area contributed by atoms with Crippen LogP contribution in [0.1, 0.15) is 39.1 Å². The molecule has 0 saturated heterocycles. The summed E-state index contributed by atoms with van der Waals surface area (Å²) in [5, 5.41) is 8.95. The van der Waals surface area contributed by atoms with Crippen molar-refractivity contribution in [1.82, 2.24) is 25.5 Å². The molecule has 0 aliphatic heterocycles. The van der Waals surface area contributed by atoms with Crippen LogP contribution in [0.3, 0.4) is 0 Å². The van der Waals surface area contributed by atoms with Crippen molar-refractivity contribution in [1.29, 1.82) is 0 Å². The third-order valence-corrected chi connectivity index (χ3v) is 3.79. The average molecular weight is 388 g/mol. The summed E-state index contributed by atoms with van der Waals surface area (Å²) in [6, 6.07) is 5.01. The number of hydrogen-bond donors (Lipinski definition) is 3. The SMILES string of the molecule is CCNC(=NCc1ccc(-n2ccnc2C)c(F)c1)NCC(=O)NC(C)(C)C. The monoisotopic (exact) mass is 388 g/mol. The second-order valence-corrected chi connectivity index (χ2v) is 7.48. The van der Waals surface area contributed by atoms with E-state index in [1.54, 1.807) is 23.0 Å². The zero-order valence-corrected chi connectivity index (χ0v) is 17.1. The smallest absolute Gasteiger partial charge is 0.239 e. The van der Waals surface area contributed by atoms with E-state index in [2.05, 4.69) is 25.9 Å². The van der Waals surface area contributed by atoms with E-state index < -0.39 is 0 Å². The molecule has 0 saturated carbocycles. The summed E-state index contributed by atoms with van der Waals surface area (Å²) in [7, 11) is 0. The summed E-state index contributed by atoms with van der Waals surface area (Å²) in [5.74, 6) is 0.763. The van der Waals surface area contributed by atoms with Crippen LogP contribution >= 0.6 is 0 Å². The molecule has 0 aliphatic carbocycles. The maximum atomic E-state index is 14.5. The Kier molecular flexibility index (Phi) is 7.14. The summed E-state index contributed by atoms with van der Waals surface area (Å²) in [5.41, 5.74) is 0.892. The fourth-order valence-corrected chi connectivity index (χ4v) is 2.62. The molecule has 2 rings (SSSR count). The fraction of sp³-hybridized carbons (Fsp3) is 0.450. The Hall–Kier alpha value is -2.90. The Balaban J connectivity index is 2.03. The molecule has 152 valence electrons. The number of benzene rings is 1. The normalized spacial score (nSPS) is 12.0. The van der Waals surface area contributed by atoms with Crippen LogP contribution in [0.5, 0.6) is 0 Å². The van der Waals surface area contributed by atoms with Crippen LogP contribution < -0.4 is 16.0 Å². The summed E-state index contributed by atoms with van der Waals surface area (Å²) in [6.07, 6.45) is 3.36. The van der Waals surface area contributed by atoms with Gasteiger partial charge in [0.15, 0.2) is 5.96 Å². The molecule has 0 fully saturated rings. The van der Waals surface area contributed by atoms with Crippen molar-refractivity contribution in [3.63, 3.8) is 0 Å². The Bertz CT molecular complexity index is 837. The van der Waals surface area contributed by atoms with E-state index in [1.165, 1.54) is 6.07 Å². The van der Waals surface area contributed by atoms with Crippen molar-refractivity contribution in [2.24, 2.45) is 4.99 Å². The van der Waals surface area contributed by atoms with Gasteiger partial charge in [-0.25, -0.2) is 14.4 Å². The van der Waals surface area contributed by atoms with E-state index in [-0.39, 0.29) is 30.4 Å². The lowest BCUT2D eigenvalue weighted by Gasteiger charge is -2.21. The number of carbonyl (C=O) groups is 1. The molecule has 3 N–H and O–H groups in total. The highest BCUT2D eigenvalue weighted by atomic mass is 19.1. The summed E-state index contributed by atoms with van der Waals surface area (Å²) in [6.45, 7) is 10.6. The van der Waals surface area contributed by atoms with Crippen LogP contribution in [-0.4, -0.2) is 40.0 Å². The van der Waals surface area contributed by atoms with E-state index in [1.807, 2.05) is 40.7 Å². The molecule has 28 heavy (non-hydrogen) atoms. The van der Waals surface area contributed by atoms with Gasteiger partial charge in [-0.05, 0) is 52.3 Å². The van der Waals surface area contributed by atoms with Gasteiger partial charge in [-0.15, -0.1) is 0 Å². The number of aliphatic imine (C=N–C) groups is 1. The molecule has 0 atom stereocenters. The minimum atomic E-state index is -0.337. The van der Waals surface area contributed by atoms with Gasteiger partial charge < -0.3 is 20.5 Å². The first-order chi connectivity index (χ1) is 13.2. The van der Waals surface area contributed by atoms with Crippen LogP contribution in [-0.2, 0) is 11.3 Å². The molecule has 1 heterocycles. The first-order valence-electron chi connectivity index (χ1n) is 9.31. The van der Waals surface area contributed by atoms with E-state index in [4.69, 9.17) is 0 Å². The zero-order valence-electron chi connectivity index (χ0n) is 17.1. The quantitative estimate of drug-likeness (QED) is 0.524. The Morgan fingerprint density at radius 3 is 2.61 bits per heavy atom. The number of rotatable bonds is 6. The third kappa shape index (κ3) is 6.37. The summed E-state index contributed by atoms with van der Waals surface area (Å²) >= 11 is 0. The lowest BCUT2D eigenvalue weighted by atomic mass is 10.1. The van der Waals surface area contributed by atoms with Gasteiger partial charge in [-0.2, -0.15) is 0 Å². The second kappa shape index (κ2) is 9.34. The molecule has 2 aromatic rings. The van der Waals surface area contributed by atoms with E-state index in [0.29, 0.717) is 18.2 Å². The standard InChI is InChI=1S/C20H29FN6O/c1-6-22-19(25-13-18(28)26-20(3,4)5)24-12-15-7-8-17(16(21)11-15)27-10-9-23-14(27)2/h7-11H,6,12-13H2,1-5H3,(H,26,28)(H2,22,24,25).